The molecular formula is C19H19ClN2OS. The highest BCUT2D eigenvalue weighted by atomic mass is 35.5. The topological polar surface area (TPSA) is 53.2 Å². The molecule has 1 aliphatic carbocycles. The summed E-state index contributed by atoms with van der Waals surface area (Å²) < 4.78 is 0. The number of nitrogens with zero attached hydrogens (tertiary/aromatic N) is 2. The molecule has 0 bridgehead atoms. The first kappa shape index (κ1) is 17.3. The minimum atomic E-state index is -0.329. The van der Waals surface area contributed by atoms with Crippen LogP contribution in [0, 0.1) is 22.7 Å². The Kier molecular flexibility index (Phi) is 4.59. The lowest BCUT2D eigenvalue weighted by atomic mass is 9.64. The quantitative estimate of drug-likeness (QED) is 0.749. The van der Waals surface area contributed by atoms with Gasteiger partial charge in [0.2, 0.25) is 0 Å². The van der Waals surface area contributed by atoms with Gasteiger partial charge in [0.15, 0.2) is 0 Å². The molecule has 1 aliphatic heterocycles. The molecular weight excluding hydrogens is 340 g/mol. The summed E-state index contributed by atoms with van der Waals surface area (Å²) in [6, 6.07) is 9.76. The van der Waals surface area contributed by atoms with Crippen molar-refractivity contribution in [3.8, 4) is 6.07 Å². The zero-order valence-corrected chi connectivity index (χ0v) is 15.5. The molecule has 124 valence electrons. The first-order valence-corrected chi connectivity index (χ1v) is 9.50. The fraction of sp³-hybridized carbons (Fsp3) is 0.421. The van der Waals surface area contributed by atoms with Crippen LogP contribution in [0.5, 0.6) is 0 Å². The summed E-state index contributed by atoms with van der Waals surface area (Å²) in [5.41, 5.74) is 2.38. The highest BCUT2D eigenvalue weighted by molar-refractivity contribution is 8.02. The van der Waals surface area contributed by atoms with Gasteiger partial charge in [-0.05, 0) is 35.8 Å². The maximum atomic E-state index is 12.9. The highest BCUT2D eigenvalue weighted by Gasteiger charge is 2.46. The molecule has 1 aromatic carbocycles. The smallest absolute Gasteiger partial charge is 0.143 e. The Balaban J connectivity index is 2.17. The maximum Gasteiger partial charge on any atom is 0.143 e. The number of rotatable bonds is 2. The number of carbonyl (C=O) groups is 1. The molecule has 0 spiro atoms. The molecule has 1 saturated carbocycles. The molecule has 2 atom stereocenters. The zero-order chi connectivity index (χ0) is 17.5. The number of carbonyl (C=O) groups excluding carboxylic acids is 1. The second kappa shape index (κ2) is 6.38. The van der Waals surface area contributed by atoms with Gasteiger partial charge in [0.1, 0.15) is 10.8 Å². The minimum absolute atomic E-state index is 0.0787. The molecule has 0 aromatic heterocycles. The summed E-state index contributed by atoms with van der Waals surface area (Å²) in [5, 5.41) is 11.1. The first-order chi connectivity index (χ1) is 11.4. The predicted octanol–water partition coefficient (Wildman–Crippen LogP) is 4.98. The molecule has 1 unspecified atom stereocenters. The van der Waals surface area contributed by atoms with Crippen molar-refractivity contribution in [3.05, 3.63) is 45.5 Å². The Morgan fingerprint density at radius 1 is 1.25 bits per heavy atom. The van der Waals surface area contributed by atoms with E-state index >= 15 is 0 Å². The Labute approximate surface area is 151 Å². The van der Waals surface area contributed by atoms with Crippen LogP contribution in [0.3, 0.4) is 0 Å². The number of halogens is 1. The Hall–Kier alpha value is -1.57. The summed E-state index contributed by atoms with van der Waals surface area (Å²) in [5.74, 6) is -0.409. The average molecular weight is 359 g/mol. The van der Waals surface area contributed by atoms with E-state index in [4.69, 9.17) is 16.6 Å². The monoisotopic (exact) mass is 358 g/mol. The van der Waals surface area contributed by atoms with Gasteiger partial charge in [0.25, 0.3) is 0 Å². The Morgan fingerprint density at radius 3 is 2.50 bits per heavy atom. The number of aliphatic imine (C=N–C) groups is 1. The number of nitriles is 1. The van der Waals surface area contributed by atoms with E-state index in [0.717, 1.165) is 22.7 Å². The Morgan fingerprint density at radius 2 is 1.92 bits per heavy atom. The van der Waals surface area contributed by atoms with E-state index in [1.807, 2.05) is 30.5 Å². The molecule has 5 heteroatoms. The van der Waals surface area contributed by atoms with Crippen LogP contribution in [0.2, 0.25) is 5.02 Å². The first-order valence-electron chi connectivity index (χ1n) is 7.90. The van der Waals surface area contributed by atoms with Crippen molar-refractivity contribution in [1.82, 2.24) is 0 Å². The normalized spacial score (nSPS) is 25.8. The lowest BCUT2D eigenvalue weighted by Crippen LogP contribution is -2.42. The van der Waals surface area contributed by atoms with Gasteiger partial charge in [0.05, 0.1) is 17.6 Å². The summed E-state index contributed by atoms with van der Waals surface area (Å²) >= 11 is 7.48. The van der Waals surface area contributed by atoms with Crippen LogP contribution in [0.4, 0.5) is 0 Å². The SMILES string of the molecule is CSC1=C(C#N)[C@@H](c2ccc(Cl)cc2)C2C(=O)CC(C)(C)CC2=N1. The molecule has 24 heavy (non-hydrogen) atoms. The molecule has 0 amide bonds. The summed E-state index contributed by atoms with van der Waals surface area (Å²) in [7, 11) is 0. The number of allylic oxidation sites excluding steroid dienone is 1. The lowest BCUT2D eigenvalue weighted by Gasteiger charge is -2.40. The molecule has 1 heterocycles. The van der Waals surface area contributed by atoms with Crippen LogP contribution < -0.4 is 0 Å². The van der Waals surface area contributed by atoms with E-state index in [-0.39, 0.29) is 23.0 Å². The number of hydrogen-bond donors (Lipinski definition) is 0. The largest absolute Gasteiger partial charge is 0.299 e. The van der Waals surface area contributed by atoms with Gasteiger partial charge >= 0.3 is 0 Å². The van der Waals surface area contributed by atoms with Gasteiger partial charge in [-0.1, -0.05) is 37.6 Å². The molecule has 0 N–H and O–H groups in total. The van der Waals surface area contributed by atoms with Crippen molar-refractivity contribution in [2.24, 2.45) is 16.3 Å². The molecule has 3 rings (SSSR count). The van der Waals surface area contributed by atoms with Gasteiger partial charge in [0, 0.05) is 23.1 Å². The number of Topliss-reactive ketones (excluding diaryl/α,β-unsaturated/α-hetero) is 1. The number of ketones is 1. The van der Waals surface area contributed by atoms with E-state index in [9.17, 15) is 10.1 Å². The molecule has 1 fully saturated rings. The van der Waals surface area contributed by atoms with Crippen LogP contribution in [-0.2, 0) is 4.79 Å². The van der Waals surface area contributed by atoms with Crippen LogP contribution in [0.1, 0.15) is 38.2 Å². The van der Waals surface area contributed by atoms with Crippen molar-refractivity contribution in [1.29, 1.82) is 5.26 Å². The fourth-order valence-electron chi connectivity index (χ4n) is 3.71. The third-order valence-corrected chi connectivity index (χ3v) is 5.63. The van der Waals surface area contributed by atoms with Crippen molar-refractivity contribution in [2.45, 2.75) is 32.6 Å². The van der Waals surface area contributed by atoms with E-state index in [1.54, 1.807) is 0 Å². The zero-order valence-electron chi connectivity index (χ0n) is 14.0. The van der Waals surface area contributed by atoms with Crippen molar-refractivity contribution in [2.75, 3.05) is 6.26 Å². The molecule has 0 radical (unpaired) electrons. The lowest BCUT2D eigenvalue weighted by molar-refractivity contribution is -0.124. The van der Waals surface area contributed by atoms with Crippen molar-refractivity contribution in [3.63, 3.8) is 0 Å². The van der Waals surface area contributed by atoms with Crippen LogP contribution in [0.25, 0.3) is 0 Å². The summed E-state index contributed by atoms with van der Waals surface area (Å²) in [6.45, 7) is 4.20. The molecule has 3 nitrogen and oxygen atoms in total. The van der Waals surface area contributed by atoms with Crippen LogP contribution >= 0.6 is 23.4 Å². The van der Waals surface area contributed by atoms with Crippen LogP contribution in [-0.4, -0.2) is 17.8 Å². The van der Waals surface area contributed by atoms with Gasteiger partial charge in [-0.3, -0.25) is 4.79 Å². The predicted molar refractivity (Wildman–Crippen MR) is 99.3 cm³/mol. The summed E-state index contributed by atoms with van der Waals surface area (Å²) in [6.07, 6.45) is 3.23. The fourth-order valence-corrected chi connectivity index (χ4v) is 4.44. The van der Waals surface area contributed by atoms with E-state index in [1.165, 1.54) is 11.8 Å². The van der Waals surface area contributed by atoms with Crippen molar-refractivity contribution < 1.29 is 4.79 Å². The number of benzene rings is 1. The van der Waals surface area contributed by atoms with Crippen LogP contribution in [0.15, 0.2) is 39.9 Å². The van der Waals surface area contributed by atoms with E-state index in [2.05, 4.69) is 19.9 Å². The van der Waals surface area contributed by atoms with Gasteiger partial charge in [-0.15, -0.1) is 11.8 Å². The second-order valence-electron chi connectivity index (χ2n) is 7.13. The summed E-state index contributed by atoms with van der Waals surface area (Å²) in [4.78, 5) is 17.6. The number of hydrogen-bond acceptors (Lipinski definition) is 4. The third-order valence-electron chi connectivity index (χ3n) is 4.68. The number of fused-ring (bicyclic) bond motifs is 1. The minimum Gasteiger partial charge on any atom is -0.299 e. The van der Waals surface area contributed by atoms with Gasteiger partial charge in [-0.25, -0.2) is 4.99 Å². The van der Waals surface area contributed by atoms with Crippen molar-refractivity contribution >= 4 is 34.9 Å². The average Bonchev–Trinajstić information content (AvgIpc) is 2.52. The highest BCUT2D eigenvalue weighted by Crippen LogP contribution is 2.47. The van der Waals surface area contributed by atoms with Gasteiger partial charge < -0.3 is 0 Å². The second-order valence-corrected chi connectivity index (χ2v) is 8.36. The van der Waals surface area contributed by atoms with E-state index < -0.39 is 0 Å². The molecule has 2 aliphatic rings. The maximum absolute atomic E-state index is 12.9. The molecule has 1 aromatic rings. The van der Waals surface area contributed by atoms with E-state index in [0.29, 0.717) is 17.0 Å². The number of thioether (sulfide) groups is 1. The molecule has 0 saturated heterocycles. The van der Waals surface area contributed by atoms with Gasteiger partial charge in [-0.2, -0.15) is 5.26 Å². The Bertz CT molecular complexity index is 787. The third kappa shape index (κ3) is 3.03. The standard InChI is InChI=1S/C19H19ClN2OS/c1-19(2)8-14-17(15(23)9-19)16(11-4-6-12(20)7-5-11)13(10-21)18(22-14)24-3/h4-7,16-17H,8-9H2,1-3H3/t16-,17?/m1/s1.